The summed E-state index contributed by atoms with van der Waals surface area (Å²) in [5.41, 5.74) is 1.33. The minimum atomic E-state index is -0.190. The summed E-state index contributed by atoms with van der Waals surface area (Å²) in [6.45, 7) is 3.22. The summed E-state index contributed by atoms with van der Waals surface area (Å²) in [6, 6.07) is 7.25. The van der Waals surface area contributed by atoms with E-state index in [0.29, 0.717) is 36.2 Å². The Labute approximate surface area is 147 Å². The molecule has 0 aliphatic carbocycles. The van der Waals surface area contributed by atoms with Gasteiger partial charge in [-0.05, 0) is 30.2 Å². The van der Waals surface area contributed by atoms with Crippen molar-refractivity contribution >= 4 is 11.9 Å². The Bertz CT molecular complexity index is 706. The van der Waals surface area contributed by atoms with Gasteiger partial charge in [0, 0.05) is 19.3 Å². The van der Waals surface area contributed by atoms with Crippen LogP contribution < -0.4 is 20.1 Å². The third-order valence-corrected chi connectivity index (χ3v) is 3.60. The zero-order chi connectivity index (χ0) is 18.1. The van der Waals surface area contributed by atoms with Crippen LogP contribution in [-0.2, 0) is 6.54 Å². The van der Waals surface area contributed by atoms with Crippen LogP contribution in [0.15, 0.2) is 30.5 Å². The summed E-state index contributed by atoms with van der Waals surface area (Å²) >= 11 is 0. The van der Waals surface area contributed by atoms with Crippen LogP contribution >= 0.6 is 0 Å². The number of nitrogens with zero attached hydrogens (tertiary/aromatic N) is 2. The van der Waals surface area contributed by atoms with Gasteiger partial charge in [0.05, 0.1) is 14.2 Å². The second-order valence-corrected chi connectivity index (χ2v) is 5.42. The predicted octanol–water partition coefficient (Wildman–Crippen LogP) is 2.64. The third-order valence-electron chi connectivity index (χ3n) is 3.60. The predicted molar refractivity (Wildman–Crippen MR) is 96.1 cm³/mol. The highest BCUT2D eigenvalue weighted by atomic mass is 16.5. The Morgan fingerprint density at radius 2 is 1.96 bits per heavy atom. The van der Waals surface area contributed by atoms with E-state index in [4.69, 9.17) is 9.47 Å². The number of unbranched alkanes of at least 4 members (excludes halogenated alkanes) is 1. The normalized spacial score (nSPS) is 10.2. The molecule has 0 bridgehead atoms. The fraction of sp³-hybridized carbons (Fsp3) is 0.389. The minimum absolute atomic E-state index is 0.190. The van der Waals surface area contributed by atoms with Crippen LogP contribution in [0.5, 0.6) is 11.5 Å². The Morgan fingerprint density at radius 1 is 1.16 bits per heavy atom. The molecular formula is C18H24N4O3. The lowest BCUT2D eigenvalue weighted by molar-refractivity contribution is 0.0948. The van der Waals surface area contributed by atoms with Gasteiger partial charge in [-0.2, -0.15) is 0 Å². The number of methoxy groups -OCH3 is 2. The number of carbonyl (C=O) groups excluding carboxylic acids is 1. The zero-order valence-corrected chi connectivity index (χ0v) is 14.8. The van der Waals surface area contributed by atoms with Crippen molar-refractivity contribution in [2.75, 3.05) is 26.1 Å². The second-order valence-electron chi connectivity index (χ2n) is 5.42. The highest BCUT2D eigenvalue weighted by molar-refractivity contribution is 5.92. The molecule has 7 heteroatoms. The van der Waals surface area contributed by atoms with Gasteiger partial charge in [0.15, 0.2) is 11.5 Å². The van der Waals surface area contributed by atoms with Gasteiger partial charge in [-0.1, -0.05) is 19.4 Å². The van der Waals surface area contributed by atoms with Crippen molar-refractivity contribution in [1.29, 1.82) is 0 Å². The maximum Gasteiger partial charge on any atom is 0.270 e. The molecule has 0 saturated carbocycles. The van der Waals surface area contributed by atoms with E-state index in [2.05, 4.69) is 27.5 Å². The van der Waals surface area contributed by atoms with Crippen molar-refractivity contribution in [3.05, 3.63) is 41.7 Å². The Balaban J connectivity index is 1.99. The molecule has 0 fully saturated rings. The molecule has 1 heterocycles. The van der Waals surface area contributed by atoms with Crippen molar-refractivity contribution in [2.24, 2.45) is 0 Å². The van der Waals surface area contributed by atoms with Crippen molar-refractivity contribution in [2.45, 2.75) is 26.3 Å². The Hall–Kier alpha value is -2.83. The van der Waals surface area contributed by atoms with Gasteiger partial charge in [0.2, 0.25) is 5.95 Å². The van der Waals surface area contributed by atoms with Gasteiger partial charge in [0.25, 0.3) is 5.91 Å². The minimum Gasteiger partial charge on any atom is -0.493 e. The molecule has 0 radical (unpaired) electrons. The summed E-state index contributed by atoms with van der Waals surface area (Å²) in [7, 11) is 3.19. The van der Waals surface area contributed by atoms with Crippen molar-refractivity contribution in [3.63, 3.8) is 0 Å². The molecule has 1 aromatic heterocycles. The SMILES string of the molecule is CCCCNC(=O)c1ccnc(NCc2ccc(OC)c(OC)c2)n1. The standard InChI is InChI=1S/C18H24N4O3/c1-4-5-9-19-17(23)14-8-10-20-18(22-14)21-12-13-6-7-15(24-2)16(11-13)25-3/h6-8,10-11H,4-5,9,12H2,1-3H3,(H,19,23)(H,20,21,22). The van der Waals surface area contributed by atoms with E-state index in [1.165, 1.54) is 0 Å². The van der Waals surface area contributed by atoms with Crippen LogP contribution in [-0.4, -0.2) is 36.6 Å². The molecule has 1 amide bonds. The van der Waals surface area contributed by atoms with E-state index < -0.39 is 0 Å². The lowest BCUT2D eigenvalue weighted by atomic mass is 10.2. The van der Waals surface area contributed by atoms with E-state index in [1.807, 2.05) is 18.2 Å². The molecule has 0 aliphatic rings. The maximum absolute atomic E-state index is 12.0. The number of amides is 1. The fourth-order valence-corrected chi connectivity index (χ4v) is 2.21. The van der Waals surface area contributed by atoms with Crippen molar-refractivity contribution in [1.82, 2.24) is 15.3 Å². The molecule has 0 spiro atoms. The van der Waals surface area contributed by atoms with Crippen LogP contribution in [0.4, 0.5) is 5.95 Å². The molecule has 1 aromatic carbocycles. The smallest absolute Gasteiger partial charge is 0.270 e. The molecule has 2 rings (SSSR count). The molecule has 7 nitrogen and oxygen atoms in total. The van der Waals surface area contributed by atoms with Gasteiger partial charge in [-0.15, -0.1) is 0 Å². The van der Waals surface area contributed by atoms with Crippen LogP contribution in [0.25, 0.3) is 0 Å². The molecule has 25 heavy (non-hydrogen) atoms. The number of hydrogen-bond donors (Lipinski definition) is 2. The number of benzene rings is 1. The highest BCUT2D eigenvalue weighted by Gasteiger charge is 2.09. The molecule has 2 aromatic rings. The van der Waals surface area contributed by atoms with Gasteiger partial charge in [0.1, 0.15) is 5.69 Å². The molecule has 0 atom stereocenters. The summed E-state index contributed by atoms with van der Waals surface area (Å²) in [5.74, 6) is 1.54. The lowest BCUT2D eigenvalue weighted by Gasteiger charge is -2.10. The first-order valence-corrected chi connectivity index (χ1v) is 8.24. The lowest BCUT2D eigenvalue weighted by Crippen LogP contribution is -2.25. The largest absolute Gasteiger partial charge is 0.493 e. The van der Waals surface area contributed by atoms with Crippen LogP contribution in [0, 0.1) is 0 Å². The first kappa shape index (κ1) is 18.5. The number of rotatable bonds is 9. The van der Waals surface area contributed by atoms with Crippen LogP contribution in [0.3, 0.4) is 0 Å². The topological polar surface area (TPSA) is 85.4 Å². The van der Waals surface area contributed by atoms with Crippen molar-refractivity contribution in [3.8, 4) is 11.5 Å². The summed E-state index contributed by atoms with van der Waals surface area (Å²) in [5, 5.41) is 5.95. The first-order chi connectivity index (χ1) is 12.2. The van der Waals surface area contributed by atoms with E-state index in [9.17, 15) is 4.79 Å². The molecule has 0 saturated heterocycles. The number of hydrogen-bond acceptors (Lipinski definition) is 6. The number of ether oxygens (including phenoxy) is 2. The van der Waals surface area contributed by atoms with Gasteiger partial charge < -0.3 is 20.1 Å². The van der Waals surface area contributed by atoms with Gasteiger partial charge in [-0.3, -0.25) is 4.79 Å². The molecule has 0 aliphatic heterocycles. The average Bonchev–Trinajstić information content (AvgIpc) is 2.66. The molecule has 2 N–H and O–H groups in total. The second kappa shape index (κ2) is 9.46. The summed E-state index contributed by atoms with van der Waals surface area (Å²) in [6.07, 6.45) is 3.54. The Morgan fingerprint density at radius 3 is 2.68 bits per heavy atom. The number of aromatic nitrogens is 2. The number of carbonyl (C=O) groups is 1. The molecule has 0 unspecified atom stereocenters. The van der Waals surface area contributed by atoms with E-state index >= 15 is 0 Å². The van der Waals surface area contributed by atoms with Gasteiger partial charge in [-0.25, -0.2) is 9.97 Å². The van der Waals surface area contributed by atoms with Gasteiger partial charge >= 0.3 is 0 Å². The van der Waals surface area contributed by atoms with Crippen LogP contribution in [0.2, 0.25) is 0 Å². The average molecular weight is 344 g/mol. The maximum atomic E-state index is 12.0. The van der Waals surface area contributed by atoms with Crippen LogP contribution in [0.1, 0.15) is 35.8 Å². The quantitative estimate of drug-likeness (QED) is 0.680. The monoisotopic (exact) mass is 344 g/mol. The zero-order valence-electron chi connectivity index (χ0n) is 14.8. The highest BCUT2D eigenvalue weighted by Crippen LogP contribution is 2.27. The number of anilines is 1. The summed E-state index contributed by atoms with van der Waals surface area (Å²) in [4.78, 5) is 20.4. The fourth-order valence-electron chi connectivity index (χ4n) is 2.21. The van der Waals surface area contributed by atoms with E-state index in [0.717, 1.165) is 18.4 Å². The third kappa shape index (κ3) is 5.34. The Kier molecular flexibility index (Phi) is 7.00. The number of nitrogens with one attached hydrogen (secondary N) is 2. The summed E-state index contributed by atoms with van der Waals surface area (Å²) < 4.78 is 10.5. The van der Waals surface area contributed by atoms with E-state index in [1.54, 1.807) is 26.5 Å². The molecular weight excluding hydrogens is 320 g/mol. The molecule has 134 valence electrons. The van der Waals surface area contributed by atoms with E-state index in [-0.39, 0.29) is 5.91 Å². The van der Waals surface area contributed by atoms with Crippen molar-refractivity contribution < 1.29 is 14.3 Å². The first-order valence-electron chi connectivity index (χ1n) is 8.24.